The number of rotatable bonds is 6. The molecule has 0 N–H and O–H groups in total. The second-order valence-electron chi connectivity index (χ2n) is 5.21. The summed E-state index contributed by atoms with van der Waals surface area (Å²) >= 11 is 8.09. The number of hydrogen-bond donors (Lipinski definition) is 0. The van der Waals surface area contributed by atoms with Crippen LogP contribution in [0, 0.1) is 0 Å². The quantitative estimate of drug-likeness (QED) is 0.580. The predicted molar refractivity (Wildman–Crippen MR) is 97.0 cm³/mol. The van der Waals surface area contributed by atoms with E-state index in [0.29, 0.717) is 5.02 Å². The molecular formula is C18H18ClN3S. The molecular weight excluding hydrogens is 326 g/mol. The summed E-state index contributed by atoms with van der Waals surface area (Å²) in [6.07, 6.45) is 1.10. The van der Waals surface area contributed by atoms with E-state index in [1.54, 1.807) is 11.8 Å². The third-order valence-corrected chi connectivity index (χ3v) is 4.95. The van der Waals surface area contributed by atoms with Gasteiger partial charge in [0.2, 0.25) is 0 Å². The SMILES string of the molecule is CCCSc1nnc(-c2ccccc2Cl)n1Cc1ccccc1. The van der Waals surface area contributed by atoms with Crippen LogP contribution in [0.2, 0.25) is 5.02 Å². The first-order valence-electron chi connectivity index (χ1n) is 7.64. The molecule has 0 bridgehead atoms. The molecule has 3 rings (SSSR count). The zero-order chi connectivity index (χ0) is 16.1. The summed E-state index contributed by atoms with van der Waals surface area (Å²) in [4.78, 5) is 0. The van der Waals surface area contributed by atoms with Gasteiger partial charge in [-0.25, -0.2) is 0 Å². The Hall–Kier alpha value is -1.78. The van der Waals surface area contributed by atoms with Gasteiger partial charge >= 0.3 is 0 Å². The molecule has 1 aromatic heterocycles. The van der Waals surface area contributed by atoms with E-state index < -0.39 is 0 Å². The molecule has 0 saturated carbocycles. The standard InChI is InChI=1S/C18H18ClN3S/c1-2-12-23-18-21-20-17(15-10-6-7-11-16(15)19)22(18)13-14-8-4-3-5-9-14/h3-11H,2,12-13H2,1H3. The molecule has 0 spiro atoms. The molecule has 3 nitrogen and oxygen atoms in total. The zero-order valence-electron chi connectivity index (χ0n) is 12.9. The molecule has 0 aliphatic rings. The Bertz CT molecular complexity index is 771. The Labute approximate surface area is 145 Å². The van der Waals surface area contributed by atoms with Crippen molar-refractivity contribution in [2.24, 2.45) is 0 Å². The van der Waals surface area contributed by atoms with Crippen molar-refractivity contribution in [3.63, 3.8) is 0 Å². The number of benzene rings is 2. The molecule has 1 heterocycles. The Morgan fingerprint density at radius 3 is 2.48 bits per heavy atom. The maximum atomic E-state index is 6.36. The topological polar surface area (TPSA) is 30.7 Å². The Kier molecular flexibility index (Phi) is 5.36. The van der Waals surface area contributed by atoms with Crippen molar-refractivity contribution < 1.29 is 0 Å². The van der Waals surface area contributed by atoms with Gasteiger partial charge in [0, 0.05) is 11.3 Å². The maximum absolute atomic E-state index is 6.36. The van der Waals surface area contributed by atoms with Crippen LogP contribution in [0.5, 0.6) is 0 Å². The first-order chi connectivity index (χ1) is 11.3. The third-order valence-electron chi connectivity index (χ3n) is 3.45. The highest BCUT2D eigenvalue weighted by atomic mass is 35.5. The molecule has 0 aliphatic carbocycles. The van der Waals surface area contributed by atoms with Crippen molar-refractivity contribution >= 4 is 23.4 Å². The minimum Gasteiger partial charge on any atom is -0.298 e. The largest absolute Gasteiger partial charge is 0.298 e. The predicted octanol–water partition coefficient (Wildman–Crippen LogP) is 5.15. The van der Waals surface area contributed by atoms with Crippen LogP contribution >= 0.6 is 23.4 Å². The lowest BCUT2D eigenvalue weighted by atomic mass is 10.2. The summed E-state index contributed by atoms with van der Waals surface area (Å²) < 4.78 is 2.15. The van der Waals surface area contributed by atoms with Gasteiger partial charge in [0.1, 0.15) is 0 Å². The molecule has 23 heavy (non-hydrogen) atoms. The number of hydrogen-bond acceptors (Lipinski definition) is 3. The monoisotopic (exact) mass is 343 g/mol. The fraction of sp³-hybridized carbons (Fsp3) is 0.222. The average molecular weight is 344 g/mol. The lowest BCUT2D eigenvalue weighted by Crippen LogP contribution is -2.04. The molecule has 0 fully saturated rings. The van der Waals surface area contributed by atoms with Crippen LogP contribution in [0.15, 0.2) is 59.8 Å². The summed E-state index contributed by atoms with van der Waals surface area (Å²) in [6, 6.07) is 18.1. The number of nitrogens with zero attached hydrogens (tertiary/aromatic N) is 3. The van der Waals surface area contributed by atoms with E-state index in [4.69, 9.17) is 11.6 Å². The van der Waals surface area contributed by atoms with Crippen LogP contribution < -0.4 is 0 Å². The van der Waals surface area contributed by atoms with Crippen molar-refractivity contribution in [3.8, 4) is 11.4 Å². The Morgan fingerprint density at radius 1 is 1.00 bits per heavy atom. The van der Waals surface area contributed by atoms with E-state index in [-0.39, 0.29) is 0 Å². The lowest BCUT2D eigenvalue weighted by molar-refractivity contribution is 0.714. The van der Waals surface area contributed by atoms with E-state index in [2.05, 4.69) is 33.8 Å². The van der Waals surface area contributed by atoms with E-state index in [0.717, 1.165) is 35.3 Å². The zero-order valence-corrected chi connectivity index (χ0v) is 14.5. The van der Waals surface area contributed by atoms with Crippen molar-refractivity contribution in [2.75, 3.05) is 5.75 Å². The summed E-state index contributed by atoms with van der Waals surface area (Å²) in [5, 5.41) is 10.4. The summed E-state index contributed by atoms with van der Waals surface area (Å²) in [5.41, 5.74) is 2.14. The smallest absolute Gasteiger partial charge is 0.191 e. The minimum absolute atomic E-state index is 0.696. The number of halogens is 1. The van der Waals surface area contributed by atoms with Crippen LogP contribution in [0.1, 0.15) is 18.9 Å². The van der Waals surface area contributed by atoms with Crippen LogP contribution in [0.4, 0.5) is 0 Å². The lowest BCUT2D eigenvalue weighted by Gasteiger charge is -2.11. The summed E-state index contributed by atoms with van der Waals surface area (Å²) in [6.45, 7) is 2.90. The van der Waals surface area contributed by atoms with Crippen LogP contribution in [-0.4, -0.2) is 20.5 Å². The molecule has 118 valence electrons. The van der Waals surface area contributed by atoms with Gasteiger partial charge in [0.25, 0.3) is 0 Å². The number of aromatic nitrogens is 3. The molecule has 0 saturated heterocycles. The molecule has 2 aromatic carbocycles. The first-order valence-corrected chi connectivity index (χ1v) is 9.00. The van der Waals surface area contributed by atoms with E-state index in [9.17, 15) is 0 Å². The minimum atomic E-state index is 0.696. The van der Waals surface area contributed by atoms with Gasteiger partial charge in [0.05, 0.1) is 11.6 Å². The fourth-order valence-electron chi connectivity index (χ4n) is 2.34. The van der Waals surface area contributed by atoms with Gasteiger partial charge in [-0.3, -0.25) is 4.57 Å². The highest BCUT2D eigenvalue weighted by Gasteiger charge is 2.16. The molecule has 0 unspecified atom stereocenters. The summed E-state index contributed by atoms with van der Waals surface area (Å²) in [7, 11) is 0. The van der Waals surface area contributed by atoms with Crippen LogP contribution in [0.25, 0.3) is 11.4 Å². The first kappa shape index (κ1) is 16.1. The second-order valence-corrected chi connectivity index (χ2v) is 6.68. The second kappa shape index (κ2) is 7.66. The Balaban J connectivity index is 2.02. The van der Waals surface area contributed by atoms with Gasteiger partial charge in [-0.05, 0) is 24.1 Å². The van der Waals surface area contributed by atoms with E-state index in [1.165, 1.54) is 5.56 Å². The van der Waals surface area contributed by atoms with Crippen LogP contribution in [0.3, 0.4) is 0 Å². The van der Waals surface area contributed by atoms with Gasteiger partial charge in [0.15, 0.2) is 11.0 Å². The average Bonchev–Trinajstić information content (AvgIpc) is 2.97. The normalized spacial score (nSPS) is 10.9. The van der Waals surface area contributed by atoms with Gasteiger partial charge in [-0.2, -0.15) is 0 Å². The van der Waals surface area contributed by atoms with Crippen molar-refractivity contribution in [1.29, 1.82) is 0 Å². The van der Waals surface area contributed by atoms with Crippen LogP contribution in [-0.2, 0) is 6.54 Å². The van der Waals surface area contributed by atoms with Gasteiger partial charge < -0.3 is 0 Å². The highest BCUT2D eigenvalue weighted by Crippen LogP contribution is 2.30. The van der Waals surface area contributed by atoms with E-state index in [1.807, 2.05) is 42.5 Å². The third kappa shape index (κ3) is 3.77. The van der Waals surface area contributed by atoms with Gasteiger partial charge in [-0.15, -0.1) is 10.2 Å². The molecule has 0 radical (unpaired) electrons. The van der Waals surface area contributed by atoms with Gasteiger partial charge in [-0.1, -0.05) is 72.8 Å². The summed E-state index contributed by atoms with van der Waals surface area (Å²) in [5.74, 6) is 1.84. The van der Waals surface area contributed by atoms with Crippen molar-refractivity contribution in [2.45, 2.75) is 25.0 Å². The molecule has 5 heteroatoms. The molecule has 0 amide bonds. The molecule has 3 aromatic rings. The fourth-order valence-corrected chi connectivity index (χ4v) is 3.35. The van der Waals surface area contributed by atoms with Crippen molar-refractivity contribution in [1.82, 2.24) is 14.8 Å². The van der Waals surface area contributed by atoms with Crippen molar-refractivity contribution in [3.05, 3.63) is 65.2 Å². The maximum Gasteiger partial charge on any atom is 0.191 e. The number of thioether (sulfide) groups is 1. The highest BCUT2D eigenvalue weighted by molar-refractivity contribution is 7.99. The van der Waals surface area contributed by atoms with E-state index >= 15 is 0 Å². The molecule has 0 atom stereocenters. The molecule has 0 aliphatic heterocycles. The Morgan fingerprint density at radius 2 is 1.74 bits per heavy atom.